The van der Waals surface area contributed by atoms with E-state index < -0.39 is 0 Å². The average Bonchev–Trinajstić information content (AvgIpc) is 2.65. The molecule has 0 aliphatic heterocycles. The number of nitrogens with one attached hydrogen (secondary N) is 2. The van der Waals surface area contributed by atoms with E-state index >= 15 is 0 Å². The van der Waals surface area contributed by atoms with Crippen LogP contribution in [0.3, 0.4) is 0 Å². The van der Waals surface area contributed by atoms with Gasteiger partial charge in [-0.15, -0.1) is 0 Å². The monoisotopic (exact) mass is 364 g/mol. The summed E-state index contributed by atoms with van der Waals surface area (Å²) in [4.78, 5) is 36.3. The van der Waals surface area contributed by atoms with Gasteiger partial charge in [0.1, 0.15) is 0 Å². The van der Waals surface area contributed by atoms with Gasteiger partial charge in [-0.05, 0) is 32.0 Å². The molecule has 0 aliphatic rings. The van der Waals surface area contributed by atoms with Gasteiger partial charge in [-0.1, -0.05) is 18.2 Å². The van der Waals surface area contributed by atoms with Gasteiger partial charge in [-0.2, -0.15) is 4.98 Å². The van der Waals surface area contributed by atoms with E-state index in [4.69, 9.17) is 0 Å². The second-order valence-electron chi connectivity index (χ2n) is 6.02. The standard InChI is InChI=1S/C19H20N6O2/c1-13-10-14(2)25(19(27)23-13)9-8-20-17(26)15-11-21-18(22-12-15)24-16-6-4-3-5-7-16/h3-7,10-12H,8-9H2,1-2H3,(H,20,26)(H,21,22,24). The molecule has 0 aliphatic carbocycles. The van der Waals surface area contributed by atoms with Gasteiger partial charge in [0, 0.05) is 42.6 Å². The van der Waals surface area contributed by atoms with Crippen LogP contribution >= 0.6 is 0 Å². The van der Waals surface area contributed by atoms with E-state index in [1.54, 1.807) is 6.92 Å². The molecule has 0 radical (unpaired) electrons. The molecular weight excluding hydrogens is 344 g/mol. The van der Waals surface area contributed by atoms with Gasteiger partial charge in [-0.3, -0.25) is 9.36 Å². The third kappa shape index (κ3) is 4.75. The summed E-state index contributed by atoms with van der Waals surface area (Å²) in [5, 5.41) is 5.81. The van der Waals surface area contributed by atoms with Crippen molar-refractivity contribution >= 4 is 17.5 Å². The van der Waals surface area contributed by atoms with Gasteiger partial charge in [0.05, 0.1) is 5.56 Å². The van der Waals surface area contributed by atoms with Crippen LogP contribution in [0.25, 0.3) is 0 Å². The van der Waals surface area contributed by atoms with Gasteiger partial charge in [0.2, 0.25) is 5.95 Å². The fourth-order valence-electron chi connectivity index (χ4n) is 2.59. The van der Waals surface area contributed by atoms with Gasteiger partial charge in [-0.25, -0.2) is 14.8 Å². The second-order valence-corrected chi connectivity index (χ2v) is 6.02. The highest BCUT2D eigenvalue weighted by molar-refractivity contribution is 5.93. The van der Waals surface area contributed by atoms with E-state index in [0.29, 0.717) is 30.3 Å². The first-order chi connectivity index (χ1) is 13.0. The molecule has 3 aromatic rings. The maximum atomic E-state index is 12.2. The lowest BCUT2D eigenvalue weighted by atomic mass is 10.3. The molecule has 2 heterocycles. The maximum Gasteiger partial charge on any atom is 0.348 e. The van der Waals surface area contributed by atoms with Crippen LogP contribution in [0.4, 0.5) is 11.6 Å². The van der Waals surface area contributed by atoms with Gasteiger partial charge >= 0.3 is 5.69 Å². The number of carbonyl (C=O) groups excluding carboxylic acids is 1. The molecule has 1 amide bonds. The quantitative estimate of drug-likeness (QED) is 0.692. The molecule has 3 rings (SSSR count). The van der Waals surface area contributed by atoms with Crippen LogP contribution in [0.15, 0.2) is 53.6 Å². The molecule has 2 aromatic heterocycles. The van der Waals surface area contributed by atoms with Gasteiger partial charge < -0.3 is 10.6 Å². The van der Waals surface area contributed by atoms with Crippen molar-refractivity contribution in [1.29, 1.82) is 0 Å². The Kier molecular flexibility index (Phi) is 5.55. The van der Waals surface area contributed by atoms with E-state index in [9.17, 15) is 9.59 Å². The van der Waals surface area contributed by atoms with E-state index in [-0.39, 0.29) is 11.6 Å². The number of para-hydroxylation sites is 1. The summed E-state index contributed by atoms with van der Waals surface area (Å²) in [7, 11) is 0. The molecule has 0 unspecified atom stereocenters. The summed E-state index contributed by atoms with van der Waals surface area (Å²) in [5.41, 5.74) is 2.38. The van der Waals surface area contributed by atoms with Crippen molar-refractivity contribution in [3.63, 3.8) is 0 Å². The highest BCUT2D eigenvalue weighted by atomic mass is 16.2. The third-order valence-electron chi connectivity index (χ3n) is 3.91. The maximum absolute atomic E-state index is 12.2. The average molecular weight is 364 g/mol. The molecule has 8 nitrogen and oxygen atoms in total. The molecule has 1 aromatic carbocycles. The molecule has 0 spiro atoms. The summed E-state index contributed by atoms with van der Waals surface area (Å²) in [6, 6.07) is 11.3. The number of hydrogen-bond acceptors (Lipinski definition) is 6. The first-order valence-corrected chi connectivity index (χ1v) is 8.50. The van der Waals surface area contributed by atoms with Crippen LogP contribution in [0.1, 0.15) is 21.7 Å². The lowest BCUT2D eigenvalue weighted by Gasteiger charge is -2.10. The fraction of sp³-hybridized carbons (Fsp3) is 0.211. The zero-order valence-corrected chi connectivity index (χ0v) is 15.1. The van der Waals surface area contributed by atoms with E-state index in [1.165, 1.54) is 17.0 Å². The van der Waals surface area contributed by atoms with Crippen molar-refractivity contribution in [2.75, 3.05) is 11.9 Å². The minimum Gasteiger partial charge on any atom is -0.350 e. The Labute approximate surface area is 156 Å². The zero-order chi connectivity index (χ0) is 19.2. The Hall–Kier alpha value is -3.55. The Morgan fingerprint density at radius 1 is 1.11 bits per heavy atom. The molecule has 0 saturated carbocycles. The van der Waals surface area contributed by atoms with Crippen molar-refractivity contribution in [2.45, 2.75) is 20.4 Å². The third-order valence-corrected chi connectivity index (χ3v) is 3.91. The number of aryl methyl sites for hydroxylation is 2. The minimum atomic E-state index is -0.318. The van der Waals surface area contributed by atoms with Crippen LogP contribution in [0.5, 0.6) is 0 Å². The van der Waals surface area contributed by atoms with Crippen LogP contribution in [-0.4, -0.2) is 32.0 Å². The summed E-state index contributed by atoms with van der Waals surface area (Å²) in [6.07, 6.45) is 2.91. The normalized spacial score (nSPS) is 10.4. The SMILES string of the molecule is Cc1cc(C)n(CCNC(=O)c2cnc(Nc3ccccc3)nc2)c(=O)n1. The molecule has 0 bridgehead atoms. The fourth-order valence-corrected chi connectivity index (χ4v) is 2.59. The number of carbonyl (C=O) groups is 1. The first kappa shape index (κ1) is 18.2. The smallest absolute Gasteiger partial charge is 0.348 e. The molecule has 0 atom stereocenters. The first-order valence-electron chi connectivity index (χ1n) is 8.50. The van der Waals surface area contributed by atoms with Crippen molar-refractivity contribution in [1.82, 2.24) is 24.8 Å². The summed E-state index contributed by atoms with van der Waals surface area (Å²) in [5.74, 6) is 0.109. The second kappa shape index (κ2) is 8.22. The number of hydrogen-bond donors (Lipinski definition) is 2. The number of rotatable bonds is 6. The Bertz CT molecular complexity index is 983. The number of benzene rings is 1. The van der Waals surface area contributed by atoms with Crippen molar-refractivity contribution in [3.8, 4) is 0 Å². The summed E-state index contributed by atoms with van der Waals surface area (Å²) in [6.45, 7) is 4.26. The van der Waals surface area contributed by atoms with Crippen LogP contribution in [0, 0.1) is 13.8 Å². The van der Waals surface area contributed by atoms with E-state index in [1.807, 2.05) is 43.3 Å². The highest BCUT2D eigenvalue weighted by Gasteiger charge is 2.08. The molecule has 0 fully saturated rings. The number of anilines is 2. The van der Waals surface area contributed by atoms with Crippen LogP contribution in [0.2, 0.25) is 0 Å². The summed E-state index contributed by atoms with van der Waals surface area (Å²) < 4.78 is 1.52. The van der Waals surface area contributed by atoms with Crippen molar-refractivity contribution < 1.29 is 4.79 Å². The minimum absolute atomic E-state index is 0.299. The van der Waals surface area contributed by atoms with Gasteiger partial charge in [0.15, 0.2) is 0 Å². The highest BCUT2D eigenvalue weighted by Crippen LogP contribution is 2.11. The predicted octanol–water partition coefficient (Wildman–Crippen LogP) is 1.82. The lowest BCUT2D eigenvalue weighted by molar-refractivity contribution is 0.0951. The van der Waals surface area contributed by atoms with E-state index in [2.05, 4.69) is 25.6 Å². The van der Waals surface area contributed by atoms with E-state index in [0.717, 1.165) is 11.4 Å². The van der Waals surface area contributed by atoms with Gasteiger partial charge in [0.25, 0.3) is 5.91 Å². The topological polar surface area (TPSA) is 102 Å². The molecule has 27 heavy (non-hydrogen) atoms. The number of amides is 1. The molecule has 138 valence electrons. The Balaban J connectivity index is 1.56. The van der Waals surface area contributed by atoms with Crippen LogP contribution in [-0.2, 0) is 6.54 Å². The molecule has 0 saturated heterocycles. The molecular formula is C19H20N6O2. The van der Waals surface area contributed by atoms with Crippen molar-refractivity contribution in [2.24, 2.45) is 0 Å². The lowest BCUT2D eigenvalue weighted by Crippen LogP contribution is -2.33. The predicted molar refractivity (Wildman–Crippen MR) is 102 cm³/mol. The van der Waals surface area contributed by atoms with Crippen LogP contribution < -0.4 is 16.3 Å². The summed E-state index contributed by atoms with van der Waals surface area (Å²) >= 11 is 0. The number of nitrogens with zero attached hydrogens (tertiary/aromatic N) is 4. The number of aromatic nitrogens is 4. The Morgan fingerprint density at radius 3 is 2.48 bits per heavy atom. The largest absolute Gasteiger partial charge is 0.350 e. The molecule has 2 N–H and O–H groups in total. The Morgan fingerprint density at radius 2 is 1.81 bits per heavy atom. The zero-order valence-electron chi connectivity index (χ0n) is 15.1. The van der Waals surface area contributed by atoms with Crippen molar-refractivity contribution in [3.05, 3.63) is 76.2 Å². The molecule has 8 heteroatoms.